The zero-order valence-electron chi connectivity index (χ0n) is 9.31. The van der Waals surface area contributed by atoms with Crippen molar-refractivity contribution in [1.82, 2.24) is 4.98 Å². The number of anilines is 1. The Bertz CT molecular complexity index is 768. The Hall–Kier alpha value is -1.37. The Kier molecular flexibility index (Phi) is 3.30. The quantitative estimate of drug-likeness (QED) is 0.731. The first-order chi connectivity index (χ1) is 9.15. The van der Waals surface area contributed by atoms with Crippen LogP contribution in [0.3, 0.4) is 0 Å². The second-order valence-electron chi connectivity index (χ2n) is 3.68. The lowest BCUT2D eigenvalue weighted by Crippen LogP contribution is -2.11. The van der Waals surface area contributed by atoms with Gasteiger partial charge >= 0.3 is 0 Å². The number of carbonyl (C=O) groups is 1. The van der Waals surface area contributed by atoms with E-state index in [-0.39, 0.29) is 11.7 Å². The first kappa shape index (κ1) is 12.7. The summed E-state index contributed by atoms with van der Waals surface area (Å²) in [6.45, 7) is 0. The number of nitrogens with zero attached hydrogens (tertiary/aromatic N) is 1. The first-order valence-electron chi connectivity index (χ1n) is 5.23. The molecule has 0 unspecified atom stereocenters. The highest BCUT2D eigenvalue weighted by molar-refractivity contribution is 9.10. The van der Waals surface area contributed by atoms with E-state index in [9.17, 15) is 4.79 Å². The van der Waals surface area contributed by atoms with Gasteiger partial charge in [-0.3, -0.25) is 4.79 Å². The van der Waals surface area contributed by atoms with Crippen LogP contribution in [0.5, 0.6) is 0 Å². The highest BCUT2D eigenvalue weighted by atomic mass is 79.9. The van der Waals surface area contributed by atoms with E-state index in [0.29, 0.717) is 20.9 Å². The van der Waals surface area contributed by atoms with Crippen molar-refractivity contribution in [2.24, 2.45) is 0 Å². The van der Waals surface area contributed by atoms with Crippen molar-refractivity contribution < 1.29 is 9.21 Å². The van der Waals surface area contributed by atoms with E-state index in [2.05, 4.69) is 26.2 Å². The van der Waals surface area contributed by atoms with Gasteiger partial charge in [0.2, 0.25) is 0 Å². The van der Waals surface area contributed by atoms with Crippen LogP contribution in [0.4, 0.5) is 5.69 Å². The molecule has 1 amide bonds. The minimum atomic E-state index is -0.367. The van der Waals surface area contributed by atoms with Gasteiger partial charge < -0.3 is 9.73 Å². The summed E-state index contributed by atoms with van der Waals surface area (Å²) >= 11 is 10.7. The molecule has 0 fully saturated rings. The third-order valence-corrected chi connectivity index (χ3v) is 4.02. The topological polar surface area (TPSA) is 55.1 Å². The highest BCUT2D eigenvalue weighted by Gasteiger charge is 2.15. The fraction of sp³-hybridized carbons (Fsp3) is 0. The van der Waals surface area contributed by atoms with Crippen molar-refractivity contribution in [3.05, 3.63) is 45.2 Å². The van der Waals surface area contributed by atoms with E-state index in [1.54, 1.807) is 23.7 Å². The molecule has 1 aromatic carbocycles. The molecular formula is C12H6BrClN2O2S. The molecule has 0 aliphatic rings. The van der Waals surface area contributed by atoms with Gasteiger partial charge in [0.05, 0.1) is 20.9 Å². The molecule has 7 heteroatoms. The van der Waals surface area contributed by atoms with E-state index in [1.807, 2.05) is 6.07 Å². The highest BCUT2D eigenvalue weighted by Crippen LogP contribution is 2.32. The number of hydrogen-bond acceptors (Lipinski definition) is 4. The number of rotatable bonds is 2. The lowest BCUT2D eigenvalue weighted by molar-refractivity contribution is 0.0995. The second-order valence-corrected chi connectivity index (χ2v) is 5.75. The molecule has 4 nitrogen and oxygen atoms in total. The number of benzene rings is 1. The first-order valence-corrected chi connectivity index (χ1v) is 7.28. The Morgan fingerprint density at radius 1 is 1.37 bits per heavy atom. The molecule has 96 valence electrons. The number of hydrogen-bond donors (Lipinski definition) is 1. The fourth-order valence-electron chi connectivity index (χ4n) is 1.64. The number of fused-ring (bicyclic) bond motifs is 1. The fourth-order valence-corrected chi connectivity index (χ4v) is 2.83. The molecule has 0 aliphatic heterocycles. The van der Waals surface area contributed by atoms with E-state index in [4.69, 9.17) is 16.0 Å². The Balaban J connectivity index is 1.99. The number of halogens is 2. The van der Waals surface area contributed by atoms with Gasteiger partial charge in [-0.25, -0.2) is 4.98 Å². The number of aromatic nitrogens is 1. The molecular weight excluding hydrogens is 352 g/mol. The third-order valence-electron chi connectivity index (χ3n) is 2.49. The van der Waals surface area contributed by atoms with Crippen molar-refractivity contribution in [3.63, 3.8) is 0 Å². The van der Waals surface area contributed by atoms with Crippen LogP contribution in [0.25, 0.3) is 10.2 Å². The van der Waals surface area contributed by atoms with Crippen LogP contribution < -0.4 is 5.32 Å². The van der Waals surface area contributed by atoms with Gasteiger partial charge in [0.1, 0.15) is 5.52 Å². The van der Waals surface area contributed by atoms with E-state index >= 15 is 0 Å². The number of amides is 1. The maximum Gasteiger partial charge on any atom is 0.291 e. The summed E-state index contributed by atoms with van der Waals surface area (Å²) in [6, 6.07) is 6.83. The molecule has 0 saturated carbocycles. The van der Waals surface area contributed by atoms with Crippen molar-refractivity contribution in [1.29, 1.82) is 0 Å². The van der Waals surface area contributed by atoms with Gasteiger partial charge in [0.25, 0.3) is 5.91 Å². The Morgan fingerprint density at radius 3 is 2.95 bits per heavy atom. The van der Waals surface area contributed by atoms with Crippen molar-refractivity contribution in [3.8, 4) is 0 Å². The van der Waals surface area contributed by atoms with Crippen LogP contribution in [-0.4, -0.2) is 10.9 Å². The van der Waals surface area contributed by atoms with Crippen molar-refractivity contribution >= 4 is 60.7 Å². The van der Waals surface area contributed by atoms with Gasteiger partial charge in [-0.05, 0) is 40.2 Å². The van der Waals surface area contributed by atoms with Crippen LogP contribution in [-0.2, 0) is 0 Å². The van der Waals surface area contributed by atoms with E-state index < -0.39 is 0 Å². The molecule has 0 radical (unpaired) electrons. The predicted molar refractivity (Wildman–Crippen MR) is 79.0 cm³/mol. The SMILES string of the molecule is O=C(Nc1c(Cl)ccc2scnc12)c1ccc(Br)o1. The average Bonchev–Trinajstić information content (AvgIpc) is 3.01. The summed E-state index contributed by atoms with van der Waals surface area (Å²) in [4.78, 5) is 16.2. The normalized spacial score (nSPS) is 10.8. The summed E-state index contributed by atoms with van der Waals surface area (Å²) in [6.07, 6.45) is 0. The zero-order chi connectivity index (χ0) is 13.4. The summed E-state index contributed by atoms with van der Waals surface area (Å²) in [7, 11) is 0. The van der Waals surface area contributed by atoms with Crippen molar-refractivity contribution in [2.45, 2.75) is 0 Å². The minimum Gasteiger partial charge on any atom is -0.444 e. The summed E-state index contributed by atoms with van der Waals surface area (Å²) in [5, 5.41) is 3.17. The summed E-state index contributed by atoms with van der Waals surface area (Å²) in [5.74, 6) is -0.164. The predicted octanol–water partition coefficient (Wildman–Crippen LogP) is 4.56. The number of carbonyl (C=O) groups excluding carboxylic acids is 1. The molecule has 2 heterocycles. The monoisotopic (exact) mass is 356 g/mol. The number of furan rings is 1. The summed E-state index contributed by atoms with van der Waals surface area (Å²) in [5.41, 5.74) is 2.88. The van der Waals surface area contributed by atoms with Crippen LogP contribution in [0.1, 0.15) is 10.6 Å². The van der Waals surface area contributed by atoms with Crippen LogP contribution in [0, 0.1) is 0 Å². The van der Waals surface area contributed by atoms with Gasteiger partial charge in [-0.1, -0.05) is 11.6 Å². The van der Waals surface area contributed by atoms with Gasteiger partial charge in [0, 0.05) is 0 Å². The third kappa shape index (κ3) is 2.39. The van der Waals surface area contributed by atoms with Gasteiger partial charge in [-0.2, -0.15) is 0 Å². The summed E-state index contributed by atoms with van der Waals surface area (Å²) < 4.78 is 6.65. The number of nitrogens with one attached hydrogen (secondary N) is 1. The smallest absolute Gasteiger partial charge is 0.291 e. The lowest BCUT2D eigenvalue weighted by atomic mass is 10.2. The molecule has 0 bridgehead atoms. The lowest BCUT2D eigenvalue weighted by Gasteiger charge is -2.06. The number of thiazole rings is 1. The average molecular weight is 358 g/mol. The van der Waals surface area contributed by atoms with Crippen LogP contribution in [0.15, 0.2) is 38.9 Å². The van der Waals surface area contributed by atoms with Gasteiger partial charge in [0.15, 0.2) is 10.4 Å². The molecule has 3 aromatic rings. The standard InChI is InChI=1S/C12H6BrClN2O2S/c13-9-4-2-7(18-9)12(17)16-10-6(14)1-3-8-11(10)15-5-19-8/h1-5H,(H,16,17). The zero-order valence-corrected chi connectivity index (χ0v) is 12.5. The van der Waals surface area contributed by atoms with E-state index in [1.165, 1.54) is 11.3 Å². The molecule has 1 N–H and O–H groups in total. The van der Waals surface area contributed by atoms with Gasteiger partial charge in [-0.15, -0.1) is 11.3 Å². The largest absolute Gasteiger partial charge is 0.444 e. The molecule has 0 saturated heterocycles. The molecule has 19 heavy (non-hydrogen) atoms. The molecule has 0 aliphatic carbocycles. The van der Waals surface area contributed by atoms with Crippen LogP contribution in [0.2, 0.25) is 5.02 Å². The molecule has 2 aromatic heterocycles. The van der Waals surface area contributed by atoms with E-state index in [0.717, 1.165) is 4.70 Å². The van der Waals surface area contributed by atoms with Crippen LogP contribution >= 0.6 is 38.9 Å². The maximum atomic E-state index is 12.0. The molecule has 0 spiro atoms. The Morgan fingerprint density at radius 2 is 2.21 bits per heavy atom. The van der Waals surface area contributed by atoms with Crippen molar-refractivity contribution in [2.75, 3.05) is 5.32 Å². The maximum absolute atomic E-state index is 12.0. The minimum absolute atomic E-state index is 0.204. The molecule has 3 rings (SSSR count). The molecule has 0 atom stereocenters. The second kappa shape index (κ2) is 4.96. The Labute approximate surface area is 125 Å².